The minimum atomic E-state index is -2.25. The number of nitrogens with one attached hydrogen (secondary N) is 1. The first-order valence-corrected chi connectivity index (χ1v) is 13.5. The molecular formula is C19H32ClNO4SSi. The normalized spacial score (nSPS) is 16.7. The van der Waals surface area contributed by atoms with Crippen LogP contribution in [0.25, 0.3) is 0 Å². The summed E-state index contributed by atoms with van der Waals surface area (Å²) < 4.78 is 15.3. The highest BCUT2D eigenvalue weighted by Crippen LogP contribution is 2.43. The van der Waals surface area contributed by atoms with Crippen molar-refractivity contribution in [1.29, 1.82) is 0 Å². The van der Waals surface area contributed by atoms with Crippen LogP contribution in [0.4, 0.5) is 0 Å². The molecule has 5 nitrogen and oxygen atoms in total. The molecule has 0 bridgehead atoms. The van der Waals surface area contributed by atoms with Gasteiger partial charge in [-0.25, -0.2) is 4.79 Å². The van der Waals surface area contributed by atoms with Crippen LogP contribution in [0.3, 0.4) is 0 Å². The number of aliphatic hydroxyl groups excluding tert-OH is 1. The lowest BCUT2D eigenvalue weighted by molar-refractivity contribution is 0.0697. The quantitative estimate of drug-likeness (QED) is 0.452. The zero-order valence-electron chi connectivity index (χ0n) is 17.4. The Morgan fingerprint density at radius 2 is 1.74 bits per heavy atom. The molecule has 0 fully saturated rings. The molecule has 0 heterocycles. The lowest BCUT2D eigenvalue weighted by atomic mass is 10.1. The van der Waals surface area contributed by atoms with Crippen molar-refractivity contribution in [2.75, 3.05) is 0 Å². The molecule has 0 amide bonds. The van der Waals surface area contributed by atoms with E-state index in [0.717, 1.165) is 0 Å². The molecule has 0 saturated heterocycles. The van der Waals surface area contributed by atoms with E-state index in [-0.39, 0.29) is 15.6 Å². The summed E-state index contributed by atoms with van der Waals surface area (Å²) in [5, 5.41) is 20.6. The number of aromatic carboxylic acids is 1. The predicted octanol–water partition coefficient (Wildman–Crippen LogP) is 4.54. The maximum atomic E-state index is 12.8. The van der Waals surface area contributed by atoms with E-state index in [2.05, 4.69) is 38.6 Å². The number of aliphatic hydroxyl groups is 1. The third-order valence-electron chi connectivity index (χ3n) is 5.36. The standard InChI is InChI=1S/C19H32ClNO4SSi/c1-18(2,3)26(25)21-15(17(24)27(7,8)19(4,5)6)13-10-9-12(16(22)23)11-14(13)20/h9-11,15,17,21,24H,1-8H3,(H,22,23)/t15-,17-,26?/m0/s1. The van der Waals surface area contributed by atoms with Gasteiger partial charge < -0.3 is 14.8 Å². The molecule has 8 heteroatoms. The number of rotatable bonds is 6. The van der Waals surface area contributed by atoms with Gasteiger partial charge in [0.2, 0.25) is 0 Å². The maximum Gasteiger partial charge on any atom is 0.335 e. The molecule has 0 aliphatic rings. The van der Waals surface area contributed by atoms with E-state index in [1.165, 1.54) is 12.1 Å². The summed E-state index contributed by atoms with van der Waals surface area (Å²) in [5.41, 5.74) is -0.158. The minimum absolute atomic E-state index is 0.0706. The van der Waals surface area contributed by atoms with Gasteiger partial charge in [0.15, 0.2) is 0 Å². The molecule has 3 atom stereocenters. The Morgan fingerprint density at radius 1 is 1.22 bits per heavy atom. The highest BCUT2D eigenvalue weighted by molar-refractivity contribution is 7.90. The second-order valence-corrected chi connectivity index (χ2v) is 17.4. The molecule has 1 aromatic rings. The average molecular weight is 434 g/mol. The number of carboxylic acids is 1. The Bertz CT molecular complexity index is 685. The minimum Gasteiger partial charge on any atom is -0.598 e. The molecule has 0 radical (unpaired) electrons. The number of benzene rings is 1. The van der Waals surface area contributed by atoms with Crippen LogP contribution in [-0.2, 0) is 11.4 Å². The van der Waals surface area contributed by atoms with E-state index in [1.54, 1.807) is 6.07 Å². The second-order valence-electron chi connectivity index (χ2n) is 9.43. The highest BCUT2D eigenvalue weighted by atomic mass is 35.5. The fourth-order valence-corrected chi connectivity index (χ4v) is 5.61. The number of hydrogen-bond donors (Lipinski definition) is 3. The molecule has 27 heavy (non-hydrogen) atoms. The first kappa shape index (κ1) is 24.5. The van der Waals surface area contributed by atoms with Crippen molar-refractivity contribution in [2.45, 2.75) is 76.2 Å². The maximum absolute atomic E-state index is 12.8. The molecule has 0 aliphatic heterocycles. The van der Waals surface area contributed by atoms with Crippen LogP contribution in [0.2, 0.25) is 23.2 Å². The Balaban J connectivity index is 3.45. The van der Waals surface area contributed by atoms with Crippen LogP contribution in [0.5, 0.6) is 0 Å². The largest absolute Gasteiger partial charge is 0.598 e. The Kier molecular flexibility index (Phi) is 7.64. The van der Waals surface area contributed by atoms with Gasteiger partial charge in [0.25, 0.3) is 0 Å². The lowest BCUT2D eigenvalue weighted by Gasteiger charge is -2.44. The van der Waals surface area contributed by atoms with E-state index in [1.807, 2.05) is 20.8 Å². The Hall–Kier alpha value is -0.573. The summed E-state index contributed by atoms with van der Waals surface area (Å²) in [7, 11) is -2.25. The van der Waals surface area contributed by atoms with Crippen LogP contribution in [0.15, 0.2) is 18.2 Å². The van der Waals surface area contributed by atoms with E-state index in [0.29, 0.717) is 5.56 Å². The summed E-state index contributed by atoms with van der Waals surface area (Å²) in [6.45, 7) is 16.0. The number of hydrogen-bond acceptors (Lipinski definition) is 4. The molecule has 0 spiro atoms. The van der Waals surface area contributed by atoms with Crippen LogP contribution in [0.1, 0.15) is 63.5 Å². The van der Waals surface area contributed by atoms with E-state index in [9.17, 15) is 19.6 Å². The van der Waals surface area contributed by atoms with Gasteiger partial charge in [0.05, 0.1) is 19.4 Å². The molecule has 1 unspecified atom stereocenters. The van der Waals surface area contributed by atoms with Crippen molar-refractivity contribution in [2.24, 2.45) is 0 Å². The molecule has 3 N–H and O–H groups in total. The first-order valence-electron chi connectivity index (χ1n) is 8.89. The third-order valence-corrected chi connectivity index (χ3v) is 12.9. The van der Waals surface area contributed by atoms with E-state index < -0.39 is 41.9 Å². The van der Waals surface area contributed by atoms with Gasteiger partial charge in [-0.05, 0) is 43.5 Å². The summed E-state index contributed by atoms with van der Waals surface area (Å²) >= 11 is 4.94. The topological polar surface area (TPSA) is 92.6 Å². The van der Waals surface area contributed by atoms with Crippen LogP contribution in [0, 0.1) is 0 Å². The molecule has 154 valence electrons. The fraction of sp³-hybridized carbons (Fsp3) is 0.632. The third kappa shape index (κ3) is 5.71. The van der Waals surface area contributed by atoms with Gasteiger partial charge in [-0.2, -0.15) is 0 Å². The van der Waals surface area contributed by atoms with Crippen molar-refractivity contribution in [3.8, 4) is 0 Å². The molecule has 1 rings (SSSR count). The molecular weight excluding hydrogens is 402 g/mol. The number of carboxylic acid groups (broad SMARTS) is 1. The summed E-state index contributed by atoms with van der Waals surface area (Å²) in [4.78, 5) is 11.2. The van der Waals surface area contributed by atoms with Crippen molar-refractivity contribution >= 4 is 37.0 Å². The molecule has 0 aromatic heterocycles. The van der Waals surface area contributed by atoms with Gasteiger partial charge in [0, 0.05) is 16.4 Å². The Labute approximate surface area is 171 Å². The fourth-order valence-electron chi connectivity index (χ4n) is 2.36. The zero-order valence-corrected chi connectivity index (χ0v) is 20.0. The lowest BCUT2D eigenvalue weighted by Crippen LogP contribution is -2.56. The SMILES string of the molecule is CC(C)(C)[S+]([O-])N[C@@H](c1ccc(C(=O)O)cc1Cl)[C@@H](O)[Si](C)(C)C(C)(C)C. The van der Waals surface area contributed by atoms with Gasteiger partial charge in [-0.3, -0.25) is 0 Å². The van der Waals surface area contributed by atoms with E-state index >= 15 is 0 Å². The smallest absolute Gasteiger partial charge is 0.335 e. The van der Waals surface area contributed by atoms with Crippen molar-refractivity contribution < 1.29 is 19.6 Å². The van der Waals surface area contributed by atoms with E-state index in [4.69, 9.17) is 11.6 Å². The van der Waals surface area contributed by atoms with Crippen LogP contribution in [-0.4, -0.2) is 39.3 Å². The number of carbonyl (C=O) groups is 1. The number of halogens is 1. The second kappa shape index (κ2) is 8.43. The summed E-state index contributed by atoms with van der Waals surface area (Å²) in [6, 6.07) is 3.75. The summed E-state index contributed by atoms with van der Waals surface area (Å²) in [6.07, 6.45) is 0. The summed E-state index contributed by atoms with van der Waals surface area (Å²) in [5.74, 6) is -1.07. The van der Waals surface area contributed by atoms with Crippen LogP contribution >= 0.6 is 11.6 Å². The van der Waals surface area contributed by atoms with Gasteiger partial charge in [0.1, 0.15) is 10.8 Å². The molecule has 0 aliphatic carbocycles. The zero-order chi connectivity index (χ0) is 21.4. The van der Waals surface area contributed by atoms with Gasteiger partial charge in [-0.1, -0.05) is 51.5 Å². The van der Waals surface area contributed by atoms with Crippen molar-refractivity contribution in [3.63, 3.8) is 0 Å². The molecule has 0 saturated carbocycles. The monoisotopic (exact) mass is 433 g/mol. The van der Waals surface area contributed by atoms with Crippen molar-refractivity contribution in [1.82, 2.24) is 4.72 Å². The predicted molar refractivity (Wildman–Crippen MR) is 115 cm³/mol. The van der Waals surface area contributed by atoms with Gasteiger partial charge in [-0.15, -0.1) is 4.72 Å². The Morgan fingerprint density at radius 3 is 2.11 bits per heavy atom. The average Bonchev–Trinajstić information content (AvgIpc) is 2.49. The van der Waals surface area contributed by atoms with Crippen molar-refractivity contribution in [3.05, 3.63) is 34.3 Å². The first-order chi connectivity index (χ1) is 12.0. The van der Waals surface area contributed by atoms with Gasteiger partial charge >= 0.3 is 5.97 Å². The highest BCUT2D eigenvalue weighted by Gasteiger charge is 2.47. The van der Waals surface area contributed by atoms with Crippen LogP contribution < -0.4 is 4.72 Å². The molecule has 1 aromatic carbocycles.